The van der Waals surface area contributed by atoms with Crippen LogP contribution >= 0.6 is 0 Å². The van der Waals surface area contributed by atoms with Crippen LogP contribution in [-0.2, 0) is 0 Å². The number of aromatic carboxylic acids is 1. The number of carboxylic acid groups (broad SMARTS) is 1. The average Bonchev–Trinajstić information content (AvgIpc) is 2.85. The second kappa shape index (κ2) is 16.6. The Hall–Kier alpha value is -2.03. The van der Waals surface area contributed by atoms with Gasteiger partial charge in [-0.15, -0.1) is 0 Å². The number of ether oxygens (including phenoxy) is 1. The van der Waals surface area contributed by atoms with Gasteiger partial charge in [0.15, 0.2) is 0 Å². The van der Waals surface area contributed by atoms with E-state index >= 15 is 0 Å². The van der Waals surface area contributed by atoms with E-state index < -0.39 is 5.97 Å². The summed E-state index contributed by atoms with van der Waals surface area (Å²) >= 11 is 0. The summed E-state index contributed by atoms with van der Waals surface area (Å²) in [6.07, 6.45) is 18.0. The van der Waals surface area contributed by atoms with Crippen molar-refractivity contribution >= 4 is 16.7 Å². The van der Waals surface area contributed by atoms with Gasteiger partial charge < -0.3 is 9.84 Å². The summed E-state index contributed by atoms with van der Waals surface area (Å²) in [7, 11) is 0. The number of fused-ring (bicyclic) bond motifs is 1. The fraction of sp³-hybridized carbons (Fsp3) is 0.645. The topological polar surface area (TPSA) is 46.5 Å². The van der Waals surface area contributed by atoms with Crippen LogP contribution in [0.3, 0.4) is 0 Å². The van der Waals surface area contributed by atoms with Crippen molar-refractivity contribution in [2.24, 2.45) is 11.8 Å². The fourth-order valence-corrected chi connectivity index (χ4v) is 5.21. The second-order valence-corrected chi connectivity index (χ2v) is 9.96. The number of hydrogen-bond acceptors (Lipinski definition) is 2. The molecule has 3 heteroatoms. The molecule has 2 rings (SSSR count). The first-order valence-electron chi connectivity index (χ1n) is 14.0. The van der Waals surface area contributed by atoms with Crippen LogP contribution in [0.4, 0.5) is 0 Å². The Morgan fingerprint density at radius 2 is 1.35 bits per heavy atom. The van der Waals surface area contributed by atoms with Crippen LogP contribution in [0.25, 0.3) is 10.8 Å². The summed E-state index contributed by atoms with van der Waals surface area (Å²) < 4.78 is 6.30. The van der Waals surface area contributed by atoms with Crippen molar-refractivity contribution < 1.29 is 14.6 Å². The lowest BCUT2D eigenvalue weighted by molar-refractivity contribution is 0.0692. The minimum absolute atomic E-state index is 0.294. The molecule has 0 bridgehead atoms. The van der Waals surface area contributed by atoms with E-state index in [4.69, 9.17) is 4.74 Å². The number of rotatable bonds is 19. The summed E-state index contributed by atoms with van der Waals surface area (Å²) in [6, 6.07) is 11.5. The van der Waals surface area contributed by atoms with Crippen molar-refractivity contribution in [3.8, 4) is 5.75 Å². The van der Waals surface area contributed by atoms with E-state index in [2.05, 4.69) is 20.8 Å². The first kappa shape index (κ1) is 28.2. The SMILES string of the molecule is CCCCCCCCCCC(COc1ccc2ccccc2c1C(=O)O)C(CC)CCCCC. The smallest absolute Gasteiger partial charge is 0.340 e. The van der Waals surface area contributed by atoms with Gasteiger partial charge >= 0.3 is 5.97 Å². The maximum absolute atomic E-state index is 12.1. The molecule has 0 aromatic heterocycles. The molecule has 0 aliphatic carbocycles. The highest BCUT2D eigenvalue weighted by atomic mass is 16.5. The molecule has 0 amide bonds. The van der Waals surface area contributed by atoms with Crippen molar-refractivity contribution in [1.29, 1.82) is 0 Å². The largest absolute Gasteiger partial charge is 0.492 e. The van der Waals surface area contributed by atoms with E-state index in [0.29, 0.717) is 29.8 Å². The molecule has 0 saturated heterocycles. The fourth-order valence-electron chi connectivity index (χ4n) is 5.21. The Bertz CT molecular complexity index is 829. The van der Waals surface area contributed by atoms with E-state index in [0.717, 1.165) is 17.2 Å². The van der Waals surface area contributed by atoms with E-state index in [9.17, 15) is 9.90 Å². The van der Waals surface area contributed by atoms with Crippen molar-refractivity contribution in [2.75, 3.05) is 6.61 Å². The first-order valence-corrected chi connectivity index (χ1v) is 14.0. The first-order chi connectivity index (χ1) is 16.6. The molecular formula is C31H48O3. The summed E-state index contributed by atoms with van der Waals surface area (Å²) in [5.41, 5.74) is 0.294. The van der Waals surface area contributed by atoms with Crippen LogP contribution in [0.1, 0.15) is 121 Å². The third-order valence-electron chi connectivity index (χ3n) is 7.36. The lowest BCUT2D eigenvalue weighted by atomic mass is 9.82. The summed E-state index contributed by atoms with van der Waals surface area (Å²) in [5, 5.41) is 11.6. The predicted molar refractivity (Wildman–Crippen MR) is 145 cm³/mol. The highest BCUT2D eigenvalue weighted by Gasteiger charge is 2.22. The summed E-state index contributed by atoms with van der Waals surface area (Å²) in [4.78, 5) is 12.1. The Morgan fingerprint density at radius 3 is 2.03 bits per heavy atom. The van der Waals surface area contributed by atoms with E-state index in [1.54, 1.807) is 0 Å². The highest BCUT2D eigenvalue weighted by molar-refractivity contribution is 6.06. The van der Waals surface area contributed by atoms with Crippen LogP contribution in [0.2, 0.25) is 0 Å². The van der Waals surface area contributed by atoms with Gasteiger partial charge in [0, 0.05) is 0 Å². The van der Waals surface area contributed by atoms with Gasteiger partial charge in [-0.3, -0.25) is 0 Å². The van der Waals surface area contributed by atoms with E-state index in [-0.39, 0.29) is 0 Å². The molecule has 0 saturated carbocycles. The minimum Gasteiger partial charge on any atom is -0.492 e. The molecule has 3 nitrogen and oxygen atoms in total. The molecule has 1 N–H and O–H groups in total. The maximum Gasteiger partial charge on any atom is 0.340 e. The second-order valence-electron chi connectivity index (χ2n) is 9.96. The van der Waals surface area contributed by atoms with Gasteiger partial charge in [-0.25, -0.2) is 4.79 Å². The minimum atomic E-state index is -0.915. The molecule has 190 valence electrons. The average molecular weight is 469 g/mol. The highest BCUT2D eigenvalue weighted by Crippen LogP contribution is 2.32. The predicted octanol–water partition coefficient (Wildman–Crippen LogP) is 9.67. The van der Waals surface area contributed by atoms with Gasteiger partial charge in [0.2, 0.25) is 0 Å². The number of hydrogen-bond donors (Lipinski definition) is 1. The lowest BCUT2D eigenvalue weighted by Crippen LogP contribution is -2.22. The summed E-state index contributed by atoms with van der Waals surface area (Å²) in [6.45, 7) is 7.44. The van der Waals surface area contributed by atoms with Crippen LogP contribution in [-0.4, -0.2) is 17.7 Å². The van der Waals surface area contributed by atoms with E-state index in [1.165, 1.54) is 83.5 Å². The van der Waals surface area contributed by atoms with Gasteiger partial charge in [-0.05, 0) is 35.1 Å². The molecule has 2 aromatic carbocycles. The molecule has 34 heavy (non-hydrogen) atoms. The number of carbonyl (C=O) groups is 1. The Balaban J connectivity index is 2.03. The zero-order valence-electron chi connectivity index (χ0n) is 22.0. The molecule has 2 atom stereocenters. The Morgan fingerprint density at radius 1 is 0.765 bits per heavy atom. The molecule has 0 aliphatic heterocycles. The van der Waals surface area contributed by atoms with E-state index in [1.807, 2.05) is 36.4 Å². The quantitative estimate of drug-likeness (QED) is 0.209. The molecular weight excluding hydrogens is 420 g/mol. The Labute approximate surface area is 208 Å². The third-order valence-corrected chi connectivity index (χ3v) is 7.36. The molecule has 2 aromatic rings. The lowest BCUT2D eigenvalue weighted by Gasteiger charge is -2.27. The van der Waals surface area contributed by atoms with Crippen molar-refractivity contribution in [3.63, 3.8) is 0 Å². The van der Waals surface area contributed by atoms with Gasteiger partial charge in [-0.1, -0.05) is 135 Å². The molecule has 0 radical (unpaired) electrons. The molecule has 2 unspecified atom stereocenters. The molecule has 0 heterocycles. The number of benzene rings is 2. The molecule has 0 aliphatic rings. The standard InChI is InChI=1S/C31H48O3/c1-4-7-9-10-11-12-13-15-20-27(25(6-3)18-14-8-5-2)24-34-29-23-22-26-19-16-17-21-28(26)30(29)31(32)33/h16-17,19,21-23,25,27H,4-15,18,20,24H2,1-3H3,(H,32,33). The Kier molecular flexibility index (Phi) is 13.7. The zero-order valence-corrected chi connectivity index (χ0v) is 22.0. The van der Waals surface area contributed by atoms with Gasteiger partial charge in [0.05, 0.1) is 6.61 Å². The monoisotopic (exact) mass is 468 g/mol. The van der Waals surface area contributed by atoms with Gasteiger partial charge in [0.25, 0.3) is 0 Å². The van der Waals surface area contributed by atoms with Crippen molar-refractivity contribution in [2.45, 2.75) is 111 Å². The normalized spacial score (nSPS) is 13.1. The van der Waals surface area contributed by atoms with Gasteiger partial charge in [0.1, 0.15) is 11.3 Å². The number of unbranched alkanes of at least 4 members (excludes halogenated alkanes) is 9. The van der Waals surface area contributed by atoms with Crippen molar-refractivity contribution in [3.05, 3.63) is 42.0 Å². The molecule has 0 fully saturated rings. The molecule has 0 spiro atoms. The number of carboxylic acids is 1. The zero-order chi connectivity index (χ0) is 24.6. The van der Waals surface area contributed by atoms with Crippen molar-refractivity contribution in [1.82, 2.24) is 0 Å². The van der Waals surface area contributed by atoms with Crippen LogP contribution in [0, 0.1) is 11.8 Å². The van der Waals surface area contributed by atoms with Crippen LogP contribution < -0.4 is 4.74 Å². The maximum atomic E-state index is 12.1. The van der Waals surface area contributed by atoms with Crippen LogP contribution in [0.15, 0.2) is 36.4 Å². The van der Waals surface area contributed by atoms with Gasteiger partial charge in [-0.2, -0.15) is 0 Å². The third kappa shape index (κ3) is 9.31. The summed E-state index contributed by atoms with van der Waals surface area (Å²) in [5.74, 6) is 0.719. The van der Waals surface area contributed by atoms with Crippen LogP contribution in [0.5, 0.6) is 5.75 Å².